The molecule has 0 aliphatic carbocycles. The van der Waals surface area contributed by atoms with Gasteiger partial charge in [-0.05, 0) is 62.8 Å². The highest BCUT2D eigenvalue weighted by Crippen LogP contribution is 2.24. The molecule has 0 bridgehead atoms. The molecule has 2 unspecified atom stereocenters. The van der Waals surface area contributed by atoms with Crippen molar-refractivity contribution >= 4 is 6.09 Å². The highest BCUT2D eigenvalue weighted by atomic mass is 16.5. The molecule has 0 saturated heterocycles. The third-order valence-electron chi connectivity index (χ3n) is 7.66. The van der Waals surface area contributed by atoms with Crippen molar-refractivity contribution < 1.29 is 24.5 Å². The fourth-order valence-corrected chi connectivity index (χ4v) is 5.25. The van der Waals surface area contributed by atoms with Gasteiger partial charge in [0, 0.05) is 30.3 Å². The molecule has 4 rings (SSSR count). The van der Waals surface area contributed by atoms with Crippen LogP contribution in [0.1, 0.15) is 43.9 Å². The minimum atomic E-state index is -1.03. The van der Waals surface area contributed by atoms with E-state index in [1.807, 2.05) is 118 Å². The predicted molar refractivity (Wildman–Crippen MR) is 177 cm³/mol. The Morgan fingerprint density at radius 2 is 1.47 bits per heavy atom. The summed E-state index contributed by atoms with van der Waals surface area (Å²) in [6.45, 7) is 6.42. The molecule has 45 heavy (non-hydrogen) atoms. The standard InChI is InChI=1S/C37H45N3O5/c1-37(2,3)45-26-38-33(23-27-12-7-5-8-13-27)34(41)24-31(40(36(42)43)25-29-14-9-6-10-15-29)22-28-18-20-30(21-19-28)32-16-11-17-35(39-32)44-4/h5-21,31,33-34,38,41H,22-26H2,1-4H3,(H,42,43)/t31?,33-,34?/m0/s1. The Hall–Kier alpha value is -4.24. The smallest absolute Gasteiger partial charge is 0.407 e. The number of aliphatic hydroxyl groups is 1. The summed E-state index contributed by atoms with van der Waals surface area (Å²) in [6, 6.07) is 32.3. The Morgan fingerprint density at radius 1 is 0.844 bits per heavy atom. The van der Waals surface area contributed by atoms with E-state index in [4.69, 9.17) is 9.47 Å². The zero-order valence-electron chi connectivity index (χ0n) is 26.6. The molecule has 3 atom stereocenters. The Balaban J connectivity index is 1.59. The number of aromatic nitrogens is 1. The molecule has 8 heteroatoms. The van der Waals surface area contributed by atoms with Gasteiger partial charge < -0.3 is 24.6 Å². The number of hydrogen-bond donors (Lipinski definition) is 3. The molecular weight excluding hydrogens is 566 g/mol. The molecule has 0 aliphatic heterocycles. The summed E-state index contributed by atoms with van der Waals surface area (Å²) < 4.78 is 11.2. The Kier molecular flexibility index (Phi) is 12.1. The first kappa shape index (κ1) is 33.6. The summed E-state index contributed by atoms with van der Waals surface area (Å²) in [6.07, 6.45) is -0.652. The van der Waals surface area contributed by atoms with Crippen LogP contribution in [0, 0.1) is 0 Å². The number of amides is 1. The highest BCUT2D eigenvalue weighted by Gasteiger charge is 2.30. The normalized spacial score (nSPS) is 13.5. The monoisotopic (exact) mass is 611 g/mol. The molecule has 1 amide bonds. The molecule has 0 saturated carbocycles. The lowest BCUT2D eigenvalue weighted by Crippen LogP contribution is -2.49. The number of benzene rings is 3. The van der Waals surface area contributed by atoms with E-state index in [-0.39, 0.29) is 31.3 Å². The van der Waals surface area contributed by atoms with Crippen molar-refractivity contribution in [3.63, 3.8) is 0 Å². The molecule has 4 aromatic rings. The lowest BCUT2D eigenvalue weighted by atomic mass is 9.92. The first-order valence-electron chi connectivity index (χ1n) is 15.3. The van der Waals surface area contributed by atoms with Crippen LogP contribution in [0.4, 0.5) is 4.79 Å². The molecule has 1 heterocycles. The molecule has 8 nitrogen and oxygen atoms in total. The van der Waals surface area contributed by atoms with Crippen molar-refractivity contribution in [2.45, 2.75) is 70.4 Å². The van der Waals surface area contributed by atoms with Gasteiger partial charge >= 0.3 is 6.09 Å². The van der Waals surface area contributed by atoms with Gasteiger partial charge in [-0.2, -0.15) is 0 Å². The fraction of sp³-hybridized carbons (Fsp3) is 0.351. The zero-order valence-corrected chi connectivity index (χ0v) is 26.6. The van der Waals surface area contributed by atoms with Crippen LogP contribution in [0.3, 0.4) is 0 Å². The van der Waals surface area contributed by atoms with Gasteiger partial charge in [-0.25, -0.2) is 9.78 Å². The Bertz CT molecular complexity index is 1460. The quantitative estimate of drug-likeness (QED) is 0.131. The number of carboxylic acid groups (broad SMARTS) is 1. The predicted octanol–water partition coefficient (Wildman–Crippen LogP) is 6.57. The second-order valence-electron chi connectivity index (χ2n) is 12.2. The summed E-state index contributed by atoms with van der Waals surface area (Å²) in [5, 5.41) is 25.6. The lowest BCUT2D eigenvalue weighted by molar-refractivity contribution is -0.0274. The number of pyridine rings is 1. The number of hydrogen-bond acceptors (Lipinski definition) is 6. The summed E-state index contributed by atoms with van der Waals surface area (Å²) in [4.78, 5) is 18.7. The van der Waals surface area contributed by atoms with Crippen LogP contribution in [0.2, 0.25) is 0 Å². The summed E-state index contributed by atoms with van der Waals surface area (Å²) >= 11 is 0. The third-order valence-corrected chi connectivity index (χ3v) is 7.66. The maximum atomic E-state index is 12.7. The van der Waals surface area contributed by atoms with Crippen LogP contribution in [0.15, 0.2) is 103 Å². The van der Waals surface area contributed by atoms with Gasteiger partial charge in [0.15, 0.2) is 0 Å². The van der Waals surface area contributed by atoms with E-state index in [0.717, 1.165) is 27.9 Å². The van der Waals surface area contributed by atoms with Crippen molar-refractivity contribution in [3.8, 4) is 17.1 Å². The second kappa shape index (κ2) is 16.2. The number of ether oxygens (including phenoxy) is 2. The number of aliphatic hydroxyl groups excluding tert-OH is 1. The maximum Gasteiger partial charge on any atom is 0.407 e. The average molecular weight is 612 g/mol. The van der Waals surface area contributed by atoms with Crippen molar-refractivity contribution in [2.75, 3.05) is 13.8 Å². The van der Waals surface area contributed by atoms with Crippen molar-refractivity contribution in [1.82, 2.24) is 15.2 Å². The van der Waals surface area contributed by atoms with Crippen molar-refractivity contribution in [3.05, 3.63) is 120 Å². The average Bonchev–Trinajstić information content (AvgIpc) is 3.03. The van der Waals surface area contributed by atoms with Gasteiger partial charge in [0.05, 0.1) is 31.2 Å². The minimum absolute atomic E-state index is 0.212. The van der Waals surface area contributed by atoms with Crippen LogP contribution in [0.25, 0.3) is 11.3 Å². The van der Waals surface area contributed by atoms with Gasteiger partial charge in [0.25, 0.3) is 0 Å². The maximum absolute atomic E-state index is 12.7. The van der Waals surface area contributed by atoms with Crippen LogP contribution in [0.5, 0.6) is 5.88 Å². The van der Waals surface area contributed by atoms with E-state index < -0.39 is 18.2 Å². The summed E-state index contributed by atoms with van der Waals surface area (Å²) in [7, 11) is 1.59. The largest absolute Gasteiger partial charge is 0.481 e. The van der Waals surface area contributed by atoms with Gasteiger partial charge in [-0.1, -0.05) is 91.0 Å². The topological polar surface area (TPSA) is 104 Å². The van der Waals surface area contributed by atoms with E-state index >= 15 is 0 Å². The lowest BCUT2D eigenvalue weighted by Gasteiger charge is -2.34. The summed E-state index contributed by atoms with van der Waals surface area (Å²) in [5.41, 5.74) is 4.29. The van der Waals surface area contributed by atoms with Gasteiger partial charge in [-0.15, -0.1) is 0 Å². The van der Waals surface area contributed by atoms with Crippen LogP contribution in [-0.4, -0.2) is 63.8 Å². The van der Waals surface area contributed by atoms with Crippen LogP contribution < -0.4 is 10.1 Å². The number of methoxy groups -OCH3 is 1. The number of carbonyl (C=O) groups is 1. The number of nitrogens with zero attached hydrogens (tertiary/aromatic N) is 2. The SMILES string of the molecule is COc1cccc(-c2ccc(CC(CC(O)[C@H](Cc3ccccc3)NCOC(C)(C)C)N(Cc3ccccc3)C(=O)O)cc2)n1. The Morgan fingerprint density at radius 3 is 2.07 bits per heavy atom. The first-order chi connectivity index (χ1) is 21.6. The molecule has 0 radical (unpaired) electrons. The molecule has 3 N–H and O–H groups in total. The van der Waals surface area contributed by atoms with E-state index in [0.29, 0.717) is 18.7 Å². The number of nitrogens with one attached hydrogen (secondary N) is 1. The van der Waals surface area contributed by atoms with E-state index in [1.165, 1.54) is 4.90 Å². The first-order valence-corrected chi connectivity index (χ1v) is 15.3. The molecule has 0 aliphatic rings. The van der Waals surface area contributed by atoms with E-state index in [1.54, 1.807) is 13.2 Å². The van der Waals surface area contributed by atoms with Crippen LogP contribution in [-0.2, 0) is 24.1 Å². The van der Waals surface area contributed by atoms with E-state index in [9.17, 15) is 15.0 Å². The molecule has 238 valence electrons. The molecule has 3 aromatic carbocycles. The second-order valence-corrected chi connectivity index (χ2v) is 12.2. The molecular formula is C37H45N3O5. The van der Waals surface area contributed by atoms with E-state index in [2.05, 4.69) is 10.3 Å². The van der Waals surface area contributed by atoms with Crippen LogP contribution >= 0.6 is 0 Å². The van der Waals surface area contributed by atoms with Crippen molar-refractivity contribution in [1.29, 1.82) is 0 Å². The van der Waals surface area contributed by atoms with Gasteiger partial charge in [0.2, 0.25) is 5.88 Å². The number of rotatable bonds is 15. The van der Waals surface area contributed by atoms with Crippen molar-refractivity contribution in [2.24, 2.45) is 0 Å². The third kappa shape index (κ3) is 10.7. The molecule has 0 spiro atoms. The molecule has 0 fully saturated rings. The van der Waals surface area contributed by atoms with Gasteiger partial charge in [-0.3, -0.25) is 5.32 Å². The fourth-order valence-electron chi connectivity index (χ4n) is 5.25. The minimum Gasteiger partial charge on any atom is -0.481 e. The summed E-state index contributed by atoms with van der Waals surface area (Å²) in [5.74, 6) is 0.537. The highest BCUT2D eigenvalue weighted by molar-refractivity contribution is 5.65. The Labute approximate surface area is 266 Å². The molecule has 1 aromatic heterocycles. The van der Waals surface area contributed by atoms with Gasteiger partial charge in [0.1, 0.15) is 0 Å². The zero-order chi connectivity index (χ0) is 32.2.